The fourth-order valence-corrected chi connectivity index (χ4v) is 6.21. The van der Waals surface area contributed by atoms with Crippen LogP contribution < -0.4 is 14.4 Å². The van der Waals surface area contributed by atoms with Crippen molar-refractivity contribution in [3.63, 3.8) is 0 Å². The highest BCUT2D eigenvalue weighted by Crippen LogP contribution is 2.59. The minimum atomic E-state index is -0.452. The Hall–Kier alpha value is -4.45. The van der Waals surface area contributed by atoms with Crippen LogP contribution in [0, 0.1) is 23.7 Å². The molecular weight excluding hydrogens is 478 g/mol. The molecule has 2 aliphatic carbocycles. The molecule has 0 N–H and O–H groups in total. The number of benzene rings is 3. The highest BCUT2D eigenvalue weighted by molar-refractivity contribution is 6.23. The molecule has 0 spiro atoms. The molecule has 6 rings (SSSR count). The summed E-state index contributed by atoms with van der Waals surface area (Å²) in [5, 5.41) is 0. The second kappa shape index (κ2) is 9.14. The summed E-state index contributed by atoms with van der Waals surface area (Å²) in [5.41, 5.74) is 5.19. The molecule has 0 unspecified atom stereocenters. The van der Waals surface area contributed by atoms with Crippen molar-refractivity contribution in [1.82, 2.24) is 0 Å². The van der Waals surface area contributed by atoms with Gasteiger partial charge in [0.1, 0.15) is 11.5 Å². The van der Waals surface area contributed by atoms with Crippen molar-refractivity contribution in [2.75, 3.05) is 19.1 Å². The van der Waals surface area contributed by atoms with Gasteiger partial charge in [0.2, 0.25) is 11.8 Å². The lowest BCUT2D eigenvalue weighted by atomic mass is 9.85. The summed E-state index contributed by atoms with van der Waals surface area (Å²) in [6, 6.07) is 22.5. The molecule has 190 valence electrons. The van der Waals surface area contributed by atoms with E-state index in [1.807, 2.05) is 48.5 Å². The van der Waals surface area contributed by atoms with Crippen molar-refractivity contribution in [2.24, 2.45) is 23.7 Å². The van der Waals surface area contributed by atoms with Crippen molar-refractivity contribution in [3.8, 4) is 11.5 Å². The molecule has 3 aliphatic rings. The zero-order valence-corrected chi connectivity index (χ0v) is 21.4. The van der Waals surface area contributed by atoms with Gasteiger partial charge in [0.15, 0.2) is 5.78 Å². The van der Waals surface area contributed by atoms with Gasteiger partial charge in [0, 0.05) is 17.4 Å². The van der Waals surface area contributed by atoms with E-state index < -0.39 is 11.8 Å². The highest BCUT2D eigenvalue weighted by Gasteiger charge is 2.62. The number of carbonyl (C=O) groups excluding carboxylic acids is 3. The summed E-state index contributed by atoms with van der Waals surface area (Å²) in [4.78, 5) is 40.5. The first-order valence-electron chi connectivity index (χ1n) is 12.6. The summed E-state index contributed by atoms with van der Waals surface area (Å²) in [5.74, 6) is -0.179. The zero-order valence-electron chi connectivity index (χ0n) is 21.4. The quantitative estimate of drug-likeness (QED) is 0.257. The molecule has 1 saturated heterocycles. The van der Waals surface area contributed by atoms with Crippen LogP contribution in [0.5, 0.6) is 11.5 Å². The van der Waals surface area contributed by atoms with Crippen LogP contribution in [0.15, 0.2) is 90.5 Å². The monoisotopic (exact) mass is 505 g/mol. The summed E-state index contributed by atoms with van der Waals surface area (Å²) in [6.07, 6.45) is 4.17. The van der Waals surface area contributed by atoms with E-state index in [9.17, 15) is 14.4 Å². The molecule has 3 aromatic carbocycles. The third-order valence-corrected chi connectivity index (χ3v) is 7.99. The molecule has 1 heterocycles. The number of carbonyl (C=O) groups is 3. The van der Waals surface area contributed by atoms with Crippen LogP contribution >= 0.6 is 0 Å². The highest BCUT2D eigenvalue weighted by atomic mass is 16.5. The summed E-state index contributed by atoms with van der Waals surface area (Å²) in [6.45, 7) is 1.49. The van der Waals surface area contributed by atoms with E-state index >= 15 is 0 Å². The number of methoxy groups -OCH3 is 2. The number of ketones is 1. The third-order valence-electron chi connectivity index (χ3n) is 7.99. The van der Waals surface area contributed by atoms with Gasteiger partial charge in [0.05, 0.1) is 31.7 Å². The fourth-order valence-electron chi connectivity index (χ4n) is 6.21. The zero-order chi connectivity index (χ0) is 26.6. The lowest BCUT2D eigenvalue weighted by Crippen LogP contribution is -2.33. The van der Waals surface area contributed by atoms with Crippen molar-refractivity contribution >= 4 is 28.9 Å². The molecule has 1 aliphatic heterocycles. The van der Waals surface area contributed by atoms with Gasteiger partial charge >= 0.3 is 0 Å². The summed E-state index contributed by atoms with van der Waals surface area (Å²) < 4.78 is 10.7. The Labute approximate surface area is 221 Å². The average Bonchev–Trinajstić information content (AvgIpc) is 3.58. The Morgan fingerprint density at radius 1 is 0.658 bits per heavy atom. The largest absolute Gasteiger partial charge is 0.497 e. The van der Waals surface area contributed by atoms with Crippen molar-refractivity contribution in [3.05, 3.63) is 107 Å². The molecule has 2 bridgehead atoms. The minimum absolute atomic E-state index is 0.0610. The number of rotatable bonds is 6. The SMILES string of the molecule is COc1ccc(C(=C2[C@H]3C=C[C@H]2[C@@H]2C(=O)N(c4ccc(C(C)=O)cc4)C(=O)[C@H]23)c2ccc(OC)cc2)cc1. The van der Waals surface area contributed by atoms with Crippen LogP contribution in [0.3, 0.4) is 0 Å². The lowest BCUT2D eigenvalue weighted by Gasteiger charge is -2.22. The molecular formula is C32H27NO5. The number of Topliss-reactive ketones (excluding diaryl/α,β-unsaturated/α-hetero) is 1. The third kappa shape index (κ3) is 3.59. The van der Waals surface area contributed by atoms with Crippen LogP contribution in [-0.2, 0) is 9.59 Å². The minimum Gasteiger partial charge on any atom is -0.497 e. The average molecular weight is 506 g/mol. The maximum absolute atomic E-state index is 13.8. The van der Waals surface area contributed by atoms with Gasteiger partial charge in [-0.1, -0.05) is 36.4 Å². The van der Waals surface area contributed by atoms with E-state index in [1.54, 1.807) is 38.5 Å². The van der Waals surface area contributed by atoms with Crippen molar-refractivity contribution < 1.29 is 23.9 Å². The fraction of sp³-hybridized carbons (Fsp3) is 0.219. The van der Waals surface area contributed by atoms with Crippen LogP contribution in [-0.4, -0.2) is 31.8 Å². The van der Waals surface area contributed by atoms with Gasteiger partial charge in [-0.3, -0.25) is 14.4 Å². The van der Waals surface area contributed by atoms with Crippen LogP contribution in [0.25, 0.3) is 5.57 Å². The Bertz CT molecular complexity index is 1420. The topological polar surface area (TPSA) is 72.9 Å². The van der Waals surface area contributed by atoms with E-state index in [-0.39, 0.29) is 29.4 Å². The number of hydrogen-bond acceptors (Lipinski definition) is 5. The van der Waals surface area contributed by atoms with Gasteiger partial charge < -0.3 is 9.47 Å². The molecule has 3 aromatic rings. The predicted octanol–water partition coefficient (Wildman–Crippen LogP) is 5.33. The Morgan fingerprint density at radius 2 is 1.08 bits per heavy atom. The Kier molecular flexibility index (Phi) is 5.75. The second-order valence-corrected chi connectivity index (χ2v) is 9.89. The molecule has 2 amide bonds. The molecule has 0 radical (unpaired) electrons. The van der Waals surface area contributed by atoms with Crippen molar-refractivity contribution in [2.45, 2.75) is 6.92 Å². The number of hydrogen-bond donors (Lipinski definition) is 0. The van der Waals surface area contributed by atoms with E-state index in [0.717, 1.165) is 33.8 Å². The summed E-state index contributed by atoms with van der Waals surface area (Å²) >= 11 is 0. The number of imide groups is 1. The normalized spacial score (nSPS) is 23.1. The van der Waals surface area contributed by atoms with E-state index in [1.165, 1.54) is 11.8 Å². The first-order chi connectivity index (χ1) is 18.4. The van der Waals surface area contributed by atoms with Gasteiger partial charge in [-0.15, -0.1) is 0 Å². The van der Waals surface area contributed by atoms with E-state index in [4.69, 9.17) is 9.47 Å². The number of allylic oxidation sites excluding steroid dienone is 3. The maximum atomic E-state index is 13.8. The number of fused-ring (bicyclic) bond motifs is 5. The smallest absolute Gasteiger partial charge is 0.238 e. The molecule has 38 heavy (non-hydrogen) atoms. The standard InChI is InChI=1S/C32H27NO5/c1-18(34)19-4-10-22(11-5-19)33-31(35)29-25-16-17-26(30(29)32(33)36)28(25)27(20-6-12-23(37-2)13-7-20)21-8-14-24(38-3)15-9-21/h4-17,25-26,29-30H,1-3H3/t25-,26-,29+,30+/m1/s1. The van der Waals surface area contributed by atoms with Crippen LogP contribution in [0.4, 0.5) is 5.69 Å². The van der Waals surface area contributed by atoms with Gasteiger partial charge in [-0.05, 0) is 77.7 Å². The Balaban J connectivity index is 1.44. The Morgan fingerprint density at radius 3 is 1.47 bits per heavy atom. The van der Waals surface area contributed by atoms with Gasteiger partial charge in [-0.25, -0.2) is 4.90 Å². The van der Waals surface area contributed by atoms with E-state index in [0.29, 0.717) is 11.3 Å². The first kappa shape index (κ1) is 23.9. The second-order valence-electron chi connectivity index (χ2n) is 9.89. The molecule has 1 saturated carbocycles. The van der Waals surface area contributed by atoms with Gasteiger partial charge in [-0.2, -0.15) is 0 Å². The molecule has 4 atom stereocenters. The number of nitrogens with zero attached hydrogens (tertiary/aromatic N) is 1. The molecule has 2 fully saturated rings. The number of anilines is 1. The lowest BCUT2D eigenvalue weighted by molar-refractivity contribution is -0.122. The number of amides is 2. The summed E-state index contributed by atoms with van der Waals surface area (Å²) in [7, 11) is 3.27. The molecule has 6 nitrogen and oxygen atoms in total. The van der Waals surface area contributed by atoms with Gasteiger partial charge in [0.25, 0.3) is 0 Å². The van der Waals surface area contributed by atoms with Crippen LogP contribution in [0.2, 0.25) is 0 Å². The maximum Gasteiger partial charge on any atom is 0.238 e. The van der Waals surface area contributed by atoms with Crippen molar-refractivity contribution in [1.29, 1.82) is 0 Å². The number of ether oxygens (including phenoxy) is 2. The predicted molar refractivity (Wildman–Crippen MR) is 144 cm³/mol. The molecule has 6 heteroatoms. The van der Waals surface area contributed by atoms with Crippen LogP contribution in [0.1, 0.15) is 28.4 Å². The first-order valence-corrected chi connectivity index (χ1v) is 12.6. The molecule has 0 aromatic heterocycles. The van der Waals surface area contributed by atoms with E-state index in [2.05, 4.69) is 12.2 Å².